The number of carbonyl (C=O) groups is 1. The molecular formula is C16H14N4OS. The third kappa shape index (κ3) is 3.67. The Morgan fingerprint density at radius 1 is 1.14 bits per heavy atom. The quantitative estimate of drug-likeness (QED) is 0.774. The van der Waals surface area contributed by atoms with Gasteiger partial charge in [0.05, 0.1) is 12.2 Å². The van der Waals surface area contributed by atoms with E-state index in [0.717, 1.165) is 22.0 Å². The van der Waals surface area contributed by atoms with Crippen LogP contribution < -0.4 is 10.6 Å². The van der Waals surface area contributed by atoms with Gasteiger partial charge in [0.15, 0.2) is 0 Å². The van der Waals surface area contributed by atoms with Gasteiger partial charge in [-0.3, -0.25) is 4.98 Å². The van der Waals surface area contributed by atoms with Gasteiger partial charge >= 0.3 is 6.03 Å². The zero-order valence-corrected chi connectivity index (χ0v) is 12.5. The number of hydrogen-bond acceptors (Lipinski definition) is 4. The SMILES string of the molecule is O=C(NCc1csc(-c2cccnc2)n1)Nc1ccccc1. The third-order valence-electron chi connectivity index (χ3n) is 2.92. The van der Waals surface area contributed by atoms with E-state index in [0.29, 0.717) is 6.54 Å². The van der Waals surface area contributed by atoms with E-state index in [4.69, 9.17) is 0 Å². The molecule has 0 aliphatic heterocycles. The van der Waals surface area contributed by atoms with Gasteiger partial charge in [-0.15, -0.1) is 11.3 Å². The molecule has 0 saturated heterocycles. The fourth-order valence-electron chi connectivity index (χ4n) is 1.88. The number of urea groups is 1. The maximum absolute atomic E-state index is 11.8. The van der Waals surface area contributed by atoms with E-state index >= 15 is 0 Å². The van der Waals surface area contributed by atoms with E-state index in [1.165, 1.54) is 11.3 Å². The van der Waals surface area contributed by atoms with Crippen molar-refractivity contribution in [2.24, 2.45) is 0 Å². The molecule has 0 spiro atoms. The van der Waals surface area contributed by atoms with E-state index in [9.17, 15) is 4.79 Å². The predicted molar refractivity (Wildman–Crippen MR) is 87.6 cm³/mol. The minimum absolute atomic E-state index is 0.248. The summed E-state index contributed by atoms with van der Waals surface area (Å²) in [7, 11) is 0. The highest BCUT2D eigenvalue weighted by Crippen LogP contribution is 2.22. The largest absolute Gasteiger partial charge is 0.332 e. The molecule has 110 valence electrons. The van der Waals surface area contributed by atoms with Gasteiger partial charge in [0.2, 0.25) is 0 Å². The Morgan fingerprint density at radius 3 is 2.77 bits per heavy atom. The van der Waals surface area contributed by atoms with E-state index < -0.39 is 0 Å². The second-order valence-electron chi connectivity index (χ2n) is 4.56. The summed E-state index contributed by atoms with van der Waals surface area (Å²) in [5.41, 5.74) is 2.56. The molecule has 0 aliphatic rings. The van der Waals surface area contributed by atoms with Gasteiger partial charge < -0.3 is 10.6 Å². The fourth-order valence-corrected chi connectivity index (χ4v) is 2.69. The van der Waals surface area contributed by atoms with Crippen LogP contribution in [-0.4, -0.2) is 16.0 Å². The Hall–Kier alpha value is -2.73. The van der Waals surface area contributed by atoms with Crippen LogP contribution in [0.3, 0.4) is 0 Å². The van der Waals surface area contributed by atoms with Gasteiger partial charge in [-0.05, 0) is 24.3 Å². The van der Waals surface area contributed by atoms with E-state index in [-0.39, 0.29) is 6.03 Å². The summed E-state index contributed by atoms with van der Waals surface area (Å²) >= 11 is 1.54. The van der Waals surface area contributed by atoms with Crippen LogP contribution in [-0.2, 0) is 6.54 Å². The second kappa shape index (κ2) is 6.82. The Kier molecular flexibility index (Phi) is 4.41. The van der Waals surface area contributed by atoms with Crippen molar-refractivity contribution in [3.8, 4) is 10.6 Å². The Morgan fingerprint density at radius 2 is 2.00 bits per heavy atom. The standard InChI is InChI=1S/C16H14N4OS/c21-16(20-13-6-2-1-3-7-13)18-10-14-11-22-15(19-14)12-5-4-8-17-9-12/h1-9,11H,10H2,(H2,18,20,21). The molecule has 0 saturated carbocycles. The second-order valence-corrected chi connectivity index (χ2v) is 5.42. The summed E-state index contributed by atoms with van der Waals surface area (Å²) in [4.78, 5) is 20.4. The summed E-state index contributed by atoms with van der Waals surface area (Å²) in [5, 5.41) is 8.39. The first-order valence-corrected chi connectivity index (χ1v) is 7.64. The molecule has 1 aromatic carbocycles. The third-order valence-corrected chi connectivity index (χ3v) is 3.86. The number of thiazole rings is 1. The average molecular weight is 310 g/mol. The maximum Gasteiger partial charge on any atom is 0.319 e. The molecule has 0 bridgehead atoms. The number of pyridine rings is 1. The van der Waals surface area contributed by atoms with Crippen LogP contribution in [0.25, 0.3) is 10.6 Å². The number of carbonyl (C=O) groups excluding carboxylic acids is 1. The highest BCUT2D eigenvalue weighted by Gasteiger charge is 2.06. The number of nitrogens with zero attached hydrogens (tertiary/aromatic N) is 2. The van der Waals surface area contributed by atoms with Crippen LogP contribution in [0.4, 0.5) is 10.5 Å². The van der Waals surface area contributed by atoms with Crippen molar-refractivity contribution < 1.29 is 4.79 Å². The van der Waals surface area contributed by atoms with Gasteiger partial charge in [0, 0.05) is 29.0 Å². The number of hydrogen-bond donors (Lipinski definition) is 2. The Labute approximate surface area is 132 Å². The van der Waals surface area contributed by atoms with Gasteiger partial charge in [-0.1, -0.05) is 18.2 Å². The smallest absolute Gasteiger partial charge is 0.319 e. The van der Waals surface area contributed by atoms with Gasteiger partial charge in [-0.25, -0.2) is 9.78 Å². The molecule has 3 rings (SSSR count). The molecule has 0 radical (unpaired) electrons. The monoisotopic (exact) mass is 310 g/mol. The van der Waals surface area contributed by atoms with Crippen LogP contribution in [0.15, 0.2) is 60.2 Å². The van der Waals surface area contributed by atoms with Crippen LogP contribution in [0, 0.1) is 0 Å². The number of aromatic nitrogens is 2. The van der Waals surface area contributed by atoms with Crippen molar-refractivity contribution in [1.29, 1.82) is 0 Å². The molecule has 0 fully saturated rings. The average Bonchev–Trinajstić information content (AvgIpc) is 3.04. The highest BCUT2D eigenvalue weighted by atomic mass is 32.1. The van der Waals surface area contributed by atoms with Crippen molar-refractivity contribution in [2.75, 3.05) is 5.32 Å². The predicted octanol–water partition coefficient (Wildman–Crippen LogP) is 3.53. The van der Waals surface area contributed by atoms with Crippen molar-refractivity contribution in [2.45, 2.75) is 6.54 Å². The van der Waals surface area contributed by atoms with E-state index in [1.54, 1.807) is 12.4 Å². The Bertz CT molecular complexity index is 743. The van der Waals surface area contributed by atoms with Crippen LogP contribution in [0.1, 0.15) is 5.69 Å². The fraction of sp³-hybridized carbons (Fsp3) is 0.0625. The number of para-hydroxylation sites is 1. The summed E-state index contributed by atoms with van der Waals surface area (Å²) in [5.74, 6) is 0. The normalized spacial score (nSPS) is 10.2. The first kappa shape index (κ1) is 14.2. The number of nitrogens with one attached hydrogen (secondary N) is 2. The first-order chi connectivity index (χ1) is 10.8. The lowest BCUT2D eigenvalue weighted by Crippen LogP contribution is -2.28. The number of amides is 2. The molecule has 2 heterocycles. The van der Waals surface area contributed by atoms with E-state index in [1.807, 2.05) is 47.8 Å². The van der Waals surface area contributed by atoms with Crippen molar-refractivity contribution >= 4 is 23.1 Å². The zero-order chi connectivity index (χ0) is 15.2. The molecule has 3 aromatic rings. The van der Waals surface area contributed by atoms with Crippen LogP contribution in [0.5, 0.6) is 0 Å². The molecule has 0 atom stereocenters. The highest BCUT2D eigenvalue weighted by molar-refractivity contribution is 7.13. The molecule has 2 amide bonds. The zero-order valence-electron chi connectivity index (χ0n) is 11.7. The van der Waals surface area contributed by atoms with Gasteiger partial charge in [0.1, 0.15) is 5.01 Å². The molecule has 2 aromatic heterocycles. The minimum atomic E-state index is -0.248. The lowest BCUT2D eigenvalue weighted by molar-refractivity contribution is 0.251. The topological polar surface area (TPSA) is 66.9 Å². The Balaban J connectivity index is 1.56. The van der Waals surface area contributed by atoms with Crippen molar-refractivity contribution in [1.82, 2.24) is 15.3 Å². The molecule has 6 heteroatoms. The molecule has 5 nitrogen and oxygen atoms in total. The lowest BCUT2D eigenvalue weighted by Gasteiger charge is -2.05. The molecule has 22 heavy (non-hydrogen) atoms. The number of anilines is 1. The molecule has 2 N–H and O–H groups in total. The van der Waals surface area contributed by atoms with Crippen molar-refractivity contribution in [3.05, 3.63) is 65.9 Å². The maximum atomic E-state index is 11.8. The van der Waals surface area contributed by atoms with Crippen molar-refractivity contribution in [3.63, 3.8) is 0 Å². The van der Waals surface area contributed by atoms with Gasteiger partial charge in [-0.2, -0.15) is 0 Å². The summed E-state index contributed by atoms with van der Waals surface area (Å²) in [6.45, 7) is 0.384. The van der Waals surface area contributed by atoms with Gasteiger partial charge in [0.25, 0.3) is 0 Å². The summed E-state index contributed by atoms with van der Waals surface area (Å²) in [6.07, 6.45) is 3.51. The number of rotatable bonds is 4. The lowest BCUT2D eigenvalue weighted by atomic mass is 10.3. The molecule has 0 aliphatic carbocycles. The molecule has 0 unspecified atom stereocenters. The first-order valence-electron chi connectivity index (χ1n) is 6.76. The number of benzene rings is 1. The van der Waals surface area contributed by atoms with Crippen LogP contribution >= 0.6 is 11.3 Å². The summed E-state index contributed by atoms with van der Waals surface area (Å²) in [6, 6.07) is 12.9. The van der Waals surface area contributed by atoms with E-state index in [2.05, 4.69) is 20.6 Å². The van der Waals surface area contributed by atoms with Crippen LogP contribution in [0.2, 0.25) is 0 Å². The summed E-state index contributed by atoms with van der Waals surface area (Å²) < 4.78 is 0. The molecular weight excluding hydrogens is 296 g/mol. The minimum Gasteiger partial charge on any atom is -0.332 e.